The van der Waals surface area contributed by atoms with Gasteiger partial charge in [0, 0.05) is 30.5 Å². The van der Waals surface area contributed by atoms with Gasteiger partial charge in [-0.1, -0.05) is 5.16 Å². The molecule has 10 nitrogen and oxygen atoms in total. The van der Waals surface area contributed by atoms with Gasteiger partial charge >= 0.3 is 12.1 Å². The van der Waals surface area contributed by atoms with E-state index in [0.717, 1.165) is 6.07 Å². The Balaban J connectivity index is 0.000000646. The molecule has 1 aliphatic rings. The Labute approximate surface area is 240 Å². The van der Waals surface area contributed by atoms with Crippen molar-refractivity contribution >= 4 is 21.9 Å². The molecule has 0 unspecified atom stereocenters. The number of aliphatic imine (C=N–C) groups is 1. The first kappa shape index (κ1) is 33.4. The highest BCUT2D eigenvalue weighted by Crippen LogP contribution is 2.40. The SMILES string of the molecule is CN=[S@@]1(=O)C[C@@](CF)(c2cc(-c3cc(-c4cnc(OCC(F)F)cn4)no3)ccc2F)N=CC1(C)C.O=C(O)C(F)(F)F. The standard InChI is InChI=1S/C23H23F4N5O3S.C2HF3O2/c1-22(2)12-31-23(11-24,13-36(22,33)28-3)15-6-14(4-5-16(15)25)19-7-17(32-35-19)18-8-30-21(9-29-18)34-10-20(26)27;3-2(4,5)1(6)7/h4-9,12,20H,10-11,13H2,1-3H3;(H,6,7)/t23-,36+;/m0./s1. The second-order valence-corrected chi connectivity index (χ2v) is 12.5. The Morgan fingerprint density at radius 1 is 1.19 bits per heavy atom. The molecule has 3 aromatic rings. The minimum Gasteiger partial charge on any atom is -0.475 e. The Morgan fingerprint density at radius 3 is 2.40 bits per heavy atom. The molecule has 1 aliphatic heterocycles. The summed E-state index contributed by atoms with van der Waals surface area (Å²) in [5.74, 6) is -3.60. The fraction of sp³-hybridized carbons (Fsp3) is 0.400. The normalized spacial score (nSPS) is 21.2. The van der Waals surface area contributed by atoms with Crippen molar-refractivity contribution in [1.29, 1.82) is 0 Å². The second kappa shape index (κ2) is 12.6. The zero-order valence-electron chi connectivity index (χ0n) is 22.6. The van der Waals surface area contributed by atoms with Crippen molar-refractivity contribution in [1.82, 2.24) is 15.1 Å². The van der Waals surface area contributed by atoms with Crippen LogP contribution in [0.1, 0.15) is 19.4 Å². The van der Waals surface area contributed by atoms with Gasteiger partial charge in [0.05, 0.1) is 32.6 Å². The third-order valence-electron chi connectivity index (χ3n) is 6.15. The van der Waals surface area contributed by atoms with E-state index in [2.05, 4.69) is 24.5 Å². The first-order chi connectivity index (χ1) is 20.0. The molecule has 0 aliphatic carbocycles. The summed E-state index contributed by atoms with van der Waals surface area (Å²) in [6.07, 6.45) is -3.89. The lowest BCUT2D eigenvalue weighted by molar-refractivity contribution is -0.192. The number of rotatable bonds is 7. The first-order valence-electron chi connectivity index (χ1n) is 12.0. The van der Waals surface area contributed by atoms with Gasteiger partial charge in [0.25, 0.3) is 6.43 Å². The van der Waals surface area contributed by atoms with E-state index < -0.39 is 57.7 Å². The van der Waals surface area contributed by atoms with Crippen LogP contribution in [0.15, 0.2) is 50.5 Å². The maximum Gasteiger partial charge on any atom is 0.490 e. The number of carboxylic acid groups (broad SMARTS) is 1. The van der Waals surface area contributed by atoms with Crippen molar-refractivity contribution in [3.05, 3.63) is 48.0 Å². The molecule has 4 rings (SSSR count). The van der Waals surface area contributed by atoms with E-state index >= 15 is 0 Å². The lowest BCUT2D eigenvalue weighted by Gasteiger charge is -2.38. The molecule has 234 valence electrons. The van der Waals surface area contributed by atoms with E-state index in [1.807, 2.05) is 0 Å². The smallest absolute Gasteiger partial charge is 0.475 e. The molecule has 43 heavy (non-hydrogen) atoms. The van der Waals surface area contributed by atoms with Crippen LogP contribution in [0.25, 0.3) is 22.7 Å². The van der Waals surface area contributed by atoms with Crippen molar-refractivity contribution in [2.45, 2.75) is 36.7 Å². The van der Waals surface area contributed by atoms with Gasteiger partial charge in [-0.15, -0.1) is 0 Å². The zero-order valence-corrected chi connectivity index (χ0v) is 23.4. The summed E-state index contributed by atoms with van der Waals surface area (Å²) in [7, 11) is -1.55. The van der Waals surface area contributed by atoms with E-state index in [0.29, 0.717) is 5.56 Å². The van der Waals surface area contributed by atoms with Crippen LogP contribution in [-0.2, 0) is 20.1 Å². The number of halogens is 7. The molecule has 1 N–H and O–H groups in total. The minimum absolute atomic E-state index is 0.0749. The monoisotopic (exact) mass is 639 g/mol. The number of carbonyl (C=O) groups is 1. The van der Waals surface area contributed by atoms with Gasteiger partial charge in [-0.25, -0.2) is 40.9 Å². The Bertz CT molecular complexity index is 1600. The molecule has 0 bridgehead atoms. The minimum atomic E-state index is -5.08. The highest BCUT2D eigenvalue weighted by Gasteiger charge is 2.47. The average molecular weight is 640 g/mol. The number of alkyl halides is 6. The van der Waals surface area contributed by atoms with Crippen molar-refractivity contribution < 1.29 is 54.1 Å². The maximum atomic E-state index is 15.0. The molecule has 0 fully saturated rings. The van der Waals surface area contributed by atoms with Crippen LogP contribution in [0.2, 0.25) is 0 Å². The van der Waals surface area contributed by atoms with Crippen molar-refractivity contribution in [2.24, 2.45) is 9.36 Å². The van der Waals surface area contributed by atoms with Crippen LogP contribution >= 0.6 is 0 Å². The largest absolute Gasteiger partial charge is 0.490 e. The molecule has 2 aromatic heterocycles. The Kier molecular flexibility index (Phi) is 9.83. The van der Waals surface area contributed by atoms with Crippen LogP contribution in [0.3, 0.4) is 0 Å². The lowest BCUT2D eigenvalue weighted by Crippen LogP contribution is -2.49. The number of ether oxygens (including phenoxy) is 1. The molecular weight excluding hydrogens is 615 g/mol. The number of aliphatic carboxylic acids is 1. The third kappa shape index (κ3) is 7.47. The summed E-state index contributed by atoms with van der Waals surface area (Å²) in [5.41, 5.74) is -0.865. The van der Waals surface area contributed by atoms with Gasteiger partial charge in [-0.05, 0) is 32.0 Å². The highest BCUT2D eigenvalue weighted by atomic mass is 32.2. The molecule has 2 atom stereocenters. The van der Waals surface area contributed by atoms with Crippen molar-refractivity contribution in [3.8, 4) is 28.6 Å². The molecule has 0 saturated carbocycles. The van der Waals surface area contributed by atoms with E-state index in [1.165, 1.54) is 43.9 Å². The molecule has 0 amide bonds. The summed E-state index contributed by atoms with van der Waals surface area (Å²) in [6.45, 7) is 1.50. The number of carboxylic acids is 1. The number of benzene rings is 1. The van der Waals surface area contributed by atoms with Gasteiger partial charge < -0.3 is 14.4 Å². The van der Waals surface area contributed by atoms with Crippen LogP contribution in [0, 0.1) is 5.82 Å². The Morgan fingerprint density at radius 2 is 1.86 bits per heavy atom. The van der Waals surface area contributed by atoms with E-state index in [1.54, 1.807) is 13.8 Å². The molecule has 3 heterocycles. The van der Waals surface area contributed by atoms with E-state index in [-0.39, 0.29) is 34.3 Å². The van der Waals surface area contributed by atoms with Crippen LogP contribution in [-0.4, -0.2) is 80.1 Å². The van der Waals surface area contributed by atoms with Crippen LogP contribution in [0.5, 0.6) is 5.88 Å². The maximum absolute atomic E-state index is 15.0. The third-order valence-corrected chi connectivity index (χ3v) is 9.36. The van der Waals surface area contributed by atoms with E-state index in [4.69, 9.17) is 19.2 Å². The first-order valence-corrected chi connectivity index (χ1v) is 13.7. The number of aromatic nitrogens is 3. The van der Waals surface area contributed by atoms with Gasteiger partial charge in [0.2, 0.25) is 5.88 Å². The summed E-state index contributed by atoms with van der Waals surface area (Å²) in [5, 5.41) is 11.1. The second-order valence-electron chi connectivity index (χ2n) is 9.51. The quantitative estimate of drug-likeness (QED) is 0.342. The van der Waals surface area contributed by atoms with Gasteiger partial charge in [-0.3, -0.25) is 4.99 Å². The predicted octanol–water partition coefficient (Wildman–Crippen LogP) is 5.34. The topological polar surface area (TPSA) is 140 Å². The fourth-order valence-electron chi connectivity index (χ4n) is 3.74. The summed E-state index contributed by atoms with van der Waals surface area (Å²) in [4.78, 5) is 21.2. The molecule has 0 radical (unpaired) electrons. The average Bonchev–Trinajstić information content (AvgIpc) is 3.44. The van der Waals surface area contributed by atoms with E-state index in [9.17, 15) is 34.9 Å². The summed E-state index contributed by atoms with van der Waals surface area (Å²) in [6, 6.07) is 5.48. The highest BCUT2D eigenvalue weighted by molar-refractivity contribution is 7.95. The molecule has 0 saturated heterocycles. The molecular formula is C25H24F7N5O5S. The molecule has 0 spiro atoms. The summed E-state index contributed by atoms with van der Waals surface area (Å²) >= 11 is 0. The van der Waals surface area contributed by atoms with Gasteiger partial charge in [0.15, 0.2) is 12.4 Å². The predicted molar refractivity (Wildman–Crippen MR) is 140 cm³/mol. The van der Waals surface area contributed by atoms with Crippen LogP contribution < -0.4 is 4.74 Å². The van der Waals surface area contributed by atoms with Gasteiger partial charge in [-0.2, -0.15) is 13.2 Å². The molecule has 18 heteroatoms. The number of hydrogen-bond donors (Lipinski definition) is 1. The number of nitrogens with zero attached hydrogens (tertiary/aromatic N) is 5. The zero-order chi connectivity index (χ0) is 32.2. The fourth-order valence-corrected chi connectivity index (χ4v) is 5.88. The lowest BCUT2D eigenvalue weighted by atomic mass is 9.91. The summed E-state index contributed by atoms with van der Waals surface area (Å²) < 4.78 is 113. The van der Waals surface area contributed by atoms with Gasteiger partial charge in [0.1, 0.15) is 29.4 Å². The Hall–Kier alpha value is -4.09. The number of hydrogen-bond acceptors (Lipinski definition) is 9. The van der Waals surface area contributed by atoms with Crippen LogP contribution in [0.4, 0.5) is 30.7 Å². The molecule has 1 aromatic carbocycles. The van der Waals surface area contributed by atoms with Crippen molar-refractivity contribution in [2.75, 3.05) is 26.1 Å². The van der Waals surface area contributed by atoms with Crippen molar-refractivity contribution in [3.63, 3.8) is 0 Å².